The maximum Gasteiger partial charge on any atom is 0.322 e. The Hall–Kier alpha value is -1.10. The zero-order chi connectivity index (χ0) is 13.7. The number of anilines is 1. The fourth-order valence-corrected chi connectivity index (χ4v) is 1.70. The summed E-state index contributed by atoms with van der Waals surface area (Å²) in [6.45, 7) is 8.11. The van der Waals surface area contributed by atoms with Crippen molar-refractivity contribution in [1.29, 1.82) is 0 Å². The number of nitrogens with zero attached hydrogens (tertiary/aromatic N) is 4. The lowest BCUT2D eigenvalue weighted by atomic mass is 10.2. The van der Waals surface area contributed by atoms with Gasteiger partial charge in [-0.2, -0.15) is 15.0 Å². The summed E-state index contributed by atoms with van der Waals surface area (Å²) in [5.74, 6) is 0.548. The molecule has 0 radical (unpaired) electrons. The summed E-state index contributed by atoms with van der Waals surface area (Å²) in [7, 11) is 1.95. The smallest absolute Gasteiger partial charge is 0.322 e. The van der Waals surface area contributed by atoms with Gasteiger partial charge >= 0.3 is 6.01 Å². The first kappa shape index (κ1) is 15.0. The molecule has 1 aromatic rings. The molecule has 102 valence electrons. The van der Waals surface area contributed by atoms with Gasteiger partial charge in [0, 0.05) is 13.1 Å². The number of ether oxygens (including phenoxy) is 1. The van der Waals surface area contributed by atoms with Crippen molar-refractivity contribution in [1.82, 2.24) is 15.0 Å². The average Bonchev–Trinajstić information content (AvgIpc) is 2.26. The van der Waals surface area contributed by atoms with Crippen LogP contribution in [0, 0.1) is 0 Å². The lowest BCUT2D eigenvalue weighted by Gasteiger charge is -2.24. The van der Waals surface area contributed by atoms with Crippen molar-refractivity contribution in [2.75, 3.05) is 11.9 Å². The molecule has 0 saturated carbocycles. The zero-order valence-electron chi connectivity index (χ0n) is 11.6. The molecule has 1 rings (SSSR count). The number of aromatic nitrogens is 3. The molecule has 0 aromatic carbocycles. The summed E-state index contributed by atoms with van der Waals surface area (Å²) in [6.07, 6.45) is 2.19. The maximum absolute atomic E-state index is 5.89. The molecule has 0 saturated heterocycles. The lowest BCUT2D eigenvalue weighted by molar-refractivity contribution is 0.221. The van der Waals surface area contributed by atoms with Crippen LogP contribution < -0.4 is 9.64 Å². The van der Waals surface area contributed by atoms with Crippen molar-refractivity contribution in [2.45, 2.75) is 52.7 Å². The van der Waals surface area contributed by atoms with E-state index >= 15 is 0 Å². The van der Waals surface area contributed by atoms with Gasteiger partial charge in [-0.15, -0.1) is 0 Å². The van der Waals surface area contributed by atoms with Crippen LogP contribution in [0.2, 0.25) is 5.28 Å². The molecule has 5 nitrogen and oxygen atoms in total. The third-order valence-corrected chi connectivity index (χ3v) is 2.77. The van der Waals surface area contributed by atoms with Gasteiger partial charge < -0.3 is 9.64 Å². The van der Waals surface area contributed by atoms with Gasteiger partial charge in [0.15, 0.2) is 0 Å². The molecule has 0 aliphatic rings. The predicted molar refractivity (Wildman–Crippen MR) is 73.4 cm³/mol. The van der Waals surface area contributed by atoms with Crippen LogP contribution in [-0.2, 0) is 0 Å². The Morgan fingerprint density at radius 3 is 2.44 bits per heavy atom. The van der Waals surface area contributed by atoms with E-state index in [4.69, 9.17) is 16.3 Å². The van der Waals surface area contributed by atoms with Crippen LogP contribution in [0.4, 0.5) is 5.95 Å². The first-order valence-corrected chi connectivity index (χ1v) is 6.62. The van der Waals surface area contributed by atoms with Gasteiger partial charge in [-0.3, -0.25) is 0 Å². The SMILES string of the molecule is CCCC(C)N(C)c1nc(Cl)nc(OC(C)C)n1. The van der Waals surface area contributed by atoms with Crippen LogP contribution in [0.5, 0.6) is 6.01 Å². The lowest BCUT2D eigenvalue weighted by Crippen LogP contribution is -2.30. The molecule has 0 aliphatic heterocycles. The molecule has 0 bridgehead atoms. The Morgan fingerprint density at radius 1 is 1.22 bits per heavy atom. The van der Waals surface area contributed by atoms with E-state index in [0.29, 0.717) is 12.0 Å². The largest absolute Gasteiger partial charge is 0.461 e. The molecule has 1 unspecified atom stereocenters. The van der Waals surface area contributed by atoms with E-state index in [9.17, 15) is 0 Å². The van der Waals surface area contributed by atoms with Crippen molar-refractivity contribution in [3.63, 3.8) is 0 Å². The highest BCUT2D eigenvalue weighted by Gasteiger charge is 2.15. The fourth-order valence-electron chi connectivity index (χ4n) is 1.55. The topological polar surface area (TPSA) is 51.1 Å². The maximum atomic E-state index is 5.89. The first-order chi connectivity index (χ1) is 8.43. The molecular formula is C12H21ClN4O. The summed E-state index contributed by atoms with van der Waals surface area (Å²) < 4.78 is 5.45. The minimum atomic E-state index is 0.00897. The van der Waals surface area contributed by atoms with E-state index in [1.54, 1.807) is 0 Å². The van der Waals surface area contributed by atoms with Crippen LogP contribution in [-0.4, -0.2) is 34.1 Å². The molecule has 0 spiro atoms. The van der Waals surface area contributed by atoms with Crippen LogP contribution >= 0.6 is 11.6 Å². The van der Waals surface area contributed by atoms with E-state index in [-0.39, 0.29) is 17.4 Å². The van der Waals surface area contributed by atoms with Gasteiger partial charge in [0.2, 0.25) is 11.2 Å². The minimum Gasteiger partial charge on any atom is -0.461 e. The van der Waals surface area contributed by atoms with Gasteiger partial charge in [-0.25, -0.2) is 0 Å². The molecular weight excluding hydrogens is 252 g/mol. The molecule has 0 amide bonds. The van der Waals surface area contributed by atoms with Crippen LogP contribution in [0.1, 0.15) is 40.5 Å². The fraction of sp³-hybridized carbons (Fsp3) is 0.750. The number of halogens is 1. The number of hydrogen-bond acceptors (Lipinski definition) is 5. The Morgan fingerprint density at radius 2 is 1.89 bits per heavy atom. The van der Waals surface area contributed by atoms with Crippen LogP contribution in [0.15, 0.2) is 0 Å². The summed E-state index contributed by atoms with van der Waals surface area (Å²) in [4.78, 5) is 14.4. The molecule has 1 aromatic heterocycles. The monoisotopic (exact) mass is 272 g/mol. The van der Waals surface area contributed by atoms with Gasteiger partial charge in [0.05, 0.1) is 6.10 Å². The highest BCUT2D eigenvalue weighted by molar-refractivity contribution is 6.28. The molecule has 6 heteroatoms. The van der Waals surface area contributed by atoms with E-state index in [1.165, 1.54) is 0 Å². The second kappa shape index (κ2) is 6.73. The Labute approximate surface area is 114 Å². The van der Waals surface area contributed by atoms with Crippen molar-refractivity contribution in [3.05, 3.63) is 5.28 Å². The Kier molecular flexibility index (Phi) is 5.59. The van der Waals surface area contributed by atoms with E-state index in [1.807, 2.05) is 25.8 Å². The zero-order valence-corrected chi connectivity index (χ0v) is 12.4. The van der Waals surface area contributed by atoms with Crippen LogP contribution in [0.25, 0.3) is 0 Å². The van der Waals surface area contributed by atoms with E-state index in [2.05, 4.69) is 28.8 Å². The summed E-state index contributed by atoms with van der Waals surface area (Å²) in [6, 6.07) is 0.621. The second-order valence-electron chi connectivity index (χ2n) is 4.60. The molecule has 1 atom stereocenters. The summed E-state index contributed by atoms with van der Waals surface area (Å²) in [5, 5.41) is 0.159. The van der Waals surface area contributed by atoms with Crippen molar-refractivity contribution in [3.8, 4) is 6.01 Å². The van der Waals surface area contributed by atoms with Crippen molar-refractivity contribution < 1.29 is 4.74 Å². The van der Waals surface area contributed by atoms with Gasteiger partial charge in [-0.05, 0) is 38.8 Å². The van der Waals surface area contributed by atoms with E-state index < -0.39 is 0 Å². The number of hydrogen-bond donors (Lipinski definition) is 0. The molecule has 0 N–H and O–H groups in total. The summed E-state index contributed by atoms with van der Waals surface area (Å²) >= 11 is 5.89. The average molecular weight is 273 g/mol. The van der Waals surface area contributed by atoms with E-state index in [0.717, 1.165) is 12.8 Å². The molecule has 0 fully saturated rings. The van der Waals surface area contributed by atoms with Crippen molar-refractivity contribution >= 4 is 17.5 Å². The van der Waals surface area contributed by atoms with Gasteiger partial charge in [0.25, 0.3) is 0 Å². The Bertz CT molecular complexity index is 386. The van der Waals surface area contributed by atoms with Gasteiger partial charge in [0.1, 0.15) is 0 Å². The number of rotatable bonds is 6. The quantitative estimate of drug-likeness (QED) is 0.797. The molecule has 18 heavy (non-hydrogen) atoms. The highest BCUT2D eigenvalue weighted by Crippen LogP contribution is 2.18. The van der Waals surface area contributed by atoms with Gasteiger partial charge in [-0.1, -0.05) is 13.3 Å². The normalized spacial score (nSPS) is 12.6. The standard InChI is InChI=1S/C12H21ClN4O/c1-6-7-9(4)17(5)11-14-10(13)15-12(16-11)18-8(2)3/h8-9H,6-7H2,1-5H3. The highest BCUT2D eigenvalue weighted by atomic mass is 35.5. The third-order valence-electron chi connectivity index (χ3n) is 2.60. The predicted octanol–water partition coefficient (Wildman–Crippen LogP) is 2.94. The first-order valence-electron chi connectivity index (χ1n) is 6.25. The second-order valence-corrected chi connectivity index (χ2v) is 4.94. The van der Waals surface area contributed by atoms with Crippen LogP contribution in [0.3, 0.4) is 0 Å². The molecule has 1 heterocycles. The summed E-state index contributed by atoms with van der Waals surface area (Å²) in [5.41, 5.74) is 0. The molecule has 0 aliphatic carbocycles. The minimum absolute atomic E-state index is 0.00897. The third kappa shape index (κ3) is 4.29. The Balaban J connectivity index is 2.91. The van der Waals surface area contributed by atoms with Crippen molar-refractivity contribution in [2.24, 2.45) is 0 Å².